The summed E-state index contributed by atoms with van der Waals surface area (Å²) >= 11 is 0. The average molecular weight is 782 g/mol. The van der Waals surface area contributed by atoms with E-state index in [-0.39, 0.29) is 25.0 Å². The van der Waals surface area contributed by atoms with Crippen LogP contribution in [-0.4, -0.2) is 88.2 Å². The predicted molar refractivity (Wildman–Crippen MR) is 201 cm³/mol. The van der Waals surface area contributed by atoms with Crippen LogP contribution in [0.15, 0.2) is 30.4 Å². The molecule has 0 radical (unpaired) electrons. The Kier molecular flexibility index (Phi) is 9.89. The van der Waals surface area contributed by atoms with Crippen LogP contribution in [0.1, 0.15) is 108 Å². The summed E-state index contributed by atoms with van der Waals surface area (Å²) in [7, 11) is -3.90. The van der Waals surface area contributed by atoms with Crippen molar-refractivity contribution in [2.75, 3.05) is 6.54 Å². The average Bonchev–Trinajstić information content (AvgIpc) is 3.94. The zero-order valence-corrected chi connectivity index (χ0v) is 32.4. The minimum absolute atomic E-state index is 0.0315. The summed E-state index contributed by atoms with van der Waals surface area (Å²) in [5, 5.41) is 18.1. The zero-order valence-electron chi connectivity index (χ0n) is 31.6. The highest BCUT2D eigenvalue weighted by Crippen LogP contribution is 2.50. The van der Waals surface area contributed by atoms with Crippen LogP contribution in [0.25, 0.3) is 10.9 Å². The van der Waals surface area contributed by atoms with Crippen molar-refractivity contribution in [3.8, 4) is 5.75 Å². The second-order valence-corrected chi connectivity index (χ2v) is 19.3. The summed E-state index contributed by atoms with van der Waals surface area (Å²) < 4.78 is 54.9. The lowest BCUT2D eigenvalue weighted by atomic mass is 9.87. The number of rotatable bonds is 6. The molecular formula is C40H52FN5O8S. The van der Waals surface area contributed by atoms with Crippen LogP contribution in [0.2, 0.25) is 0 Å². The van der Waals surface area contributed by atoms with Gasteiger partial charge in [0.05, 0.1) is 28.0 Å². The second kappa shape index (κ2) is 14.3. The number of amides is 3. The van der Waals surface area contributed by atoms with Gasteiger partial charge in [0, 0.05) is 23.3 Å². The first-order chi connectivity index (χ1) is 26.2. The van der Waals surface area contributed by atoms with E-state index in [2.05, 4.69) is 20.3 Å². The number of carbonyl (C=O) groups is 3. The molecule has 3 aliphatic heterocycles. The molecule has 13 nitrogen and oxygen atoms in total. The Hall–Kier alpha value is -3.82. The van der Waals surface area contributed by atoms with Crippen LogP contribution < -0.4 is 20.1 Å². The number of halogens is 1. The smallest absolute Gasteiger partial charge is 0.408 e. The molecule has 4 N–H and O–H groups in total. The van der Waals surface area contributed by atoms with E-state index in [1.165, 1.54) is 17.0 Å². The van der Waals surface area contributed by atoms with Gasteiger partial charge in [0.25, 0.3) is 0 Å². The Balaban J connectivity index is 1.12. The van der Waals surface area contributed by atoms with Gasteiger partial charge in [0.2, 0.25) is 21.8 Å². The van der Waals surface area contributed by atoms with Gasteiger partial charge in [0.1, 0.15) is 41.6 Å². The molecule has 1 saturated heterocycles. The first-order valence-corrected chi connectivity index (χ1v) is 21.4. The van der Waals surface area contributed by atoms with Gasteiger partial charge < -0.3 is 30.1 Å². The molecule has 55 heavy (non-hydrogen) atoms. The number of aliphatic hydroxyl groups is 1. The highest BCUT2D eigenvalue weighted by molar-refractivity contribution is 7.91. The highest BCUT2D eigenvalue weighted by atomic mass is 32.2. The standard InChI is InChI=1S/C40H52FN5O8S/c1-24-33-28(29-20-26(41)14-15-30(29)42-24)16-17-39(54-33)22-32-34(47)44-40(36(49)45-55(51,52)38(2)18-19-38)21-25(40)10-6-4-3-5-7-13-31(35(48)46(32)23-39)43-37(50)53-27-11-8-9-12-27/h6,10,14-15,20,25,27,31-32,36,45,49H,3-5,7-9,11-13,16-19,21-23H2,1-2H3,(H,43,50)(H,44,47)/b10-6-/t25-,31+,32+,36?,39-,40-/m1/s1. The number of nitrogens with one attached hydrogen (secondary N) is 3. The maximum atomic E-state index is 14.8. The number of fused-ring (bicyclic) bond motifs is 5. The summed E-state index contributed by atoms with van der Waals surface area (Å²) in [6, 6.07) is 2.41. The number of ether oxygens (including phenoxy) is 2. The second-order valence-electron chi connectivity index (χ2n) is 17.0. The number of benzene rings is 1. The summed E-state index contributed by atoms with van der Waals surface area (Å²) in [6.45, 7) is 3.48. The number of hydrogen-bond donors (Lipinski definition) is 4. The number of aliphatic hydroxyl groups excluding tert-OH is 1. The van der Waals surface area contributed by atoms with Crippen LogP contribution >= 0.6 is 0 Å². The van der Waals surface area contributed by atoms with E-state index in [4.69, 9.17) is 9.47 Å². The van der Waals surface area contributed by atoms with Gasteiger partial charge in [-0.2, -0.15) is 4.72 Å². The van der Waals surface area contributed by atoms with Crippen LogP contribution in [0.4, 0.5) is 9.18 Å². The summed E-state index contributed by atoms with van der Waals surface area (Å²) in [4.78, 5) is 48.8. The van der Waals surface area contributed by atoms with Crippen molar-refractivity contribution < 1.29 is 41.8 Å². The molecule has 298 valence electrons. The number of aryl methyl sites for hydroxylation is 2. The Morgan fingerprint density at radius 1 is 1.11 bits per heavy atom. The van der Waals surface area contributed by atoms with Gasteiger partial charge in [-0.15, -0.1) is 0 Å². The molecule has 4 fully saturated rings. The quantitative estimate of drug-likeness (QED) is 0.242. The topological polar surface area (TPSA) is 176 Å². The molecule has 3 aliphatic carbocycles. The van der Waals surface area contributed by atoms with Gasteiger partial charge in [-0.1, -0.05) is 25.0 Å². The molecule has 1 spiro atoms. The highest BCUT2D eigenvalue weighted by Gasteiger charge is 2.63. The number of hydrogen-bond acceptors (Lipinski definition) is 9. The predicted octanol–water partition coefficient (Wildman–Crippen LogP) is 4.57. The first-order valence-electron chi connectivity index (χ1n) is 20.0. The number of pyridine rings is 1. The minimum Gasteiger partial charge on any atom is -0.483 e. The van der Waals surface area contributed by atoms with Crippen molar-refractivity contribution in [2.24, 2.45) is 5.92 Å². The molecule has 6 aliphatic rings. The van der Waals surface area contributed by atoms with E-state index in [0.717, 1.165) is 50.5 Å². The van der Waals surface area contributed by atoms with Crippen LogP contribution in [0.3, 0.4) is 0 Å². The number of sulfonamides is 1. The molecule has 3 amide bonds. The minimum atomic E-state index is -3.90. The van der Waals surface area contributed by atoms with E-state index < -0.39 is 67.9 Å². The molecular weight excluding hydrogens is 730 g/mol. The summed E-state index contributed by atoms with van der Waals surface area (Å²) in [5.74, 6) is -1.23. The molecule has 1 aromatic heterocycles. The normalized spacial score (nSPS) is 31.9. The summed E-state index contributed by atoms with van der Waals surface area (Å²) in [6.07, 6.45) is 10.5. The van der Waals surface area contributed by atoms with Gasteiger partial charge in [-0.05, 0) is 109 Å². The molecule has 4 heterocycles. The molecule has 15 heteroatoms. The third kappa shape index (κ3) is 7.32. The SMILES string of the molecule is Cc1nc2ccc(F)cc2c2c1O[C@]1(CC2)C[C@H]2C(=O)N[C@]3(C(O)NS(=O)(=O)C4(C)CC4)C[C@H]3/C=C\CCCCC[C@H](NC(=O)OC3CCCC3)C(=O)N2C1. The van der Waals surface area contributed by atoms with E-state index in [0.29, 0.717) is 67.3 Å². The summed E-state index contributed by atoms with van der Waals surface area (Å²) in [5.41, 5.74) is -0.285. The van der Waals surface area contributed by atoms with Gasteiger partial charge >= 0.3 is 6.09 Å². The first kappa shape index (κ1) is 38.1. The monoisotopic (exact) mass is 781 g/mol. The molecule has 1 unspecified atom stereocenters. The maximum absolute atomic E-state index is 14.8. The fourth-order valence-electron chi connectivity index (χ4n) is 9.15. The van der Waals surface area contributed by atoms with Crippen LogP contribution in [-0.2, 0) is 30.8 Å². The van der Waals surface area contributed by atoms with Crippen molar-refractivity contribution >= 4 is 38.8 Å². The van der Waals surface area contributed by atoms with Crippen molar-refractivity contribution in [1.82, 2.24) is 25.2 Å². The Morgan fingerprint density at radius 2 is 1.87 bits per heavy atom. The number of alkyl carbamates (subject to hydrolysis) is 1. The fourth-order valence-corrected chi connectivity index (χ4v) is 10.6. The van der Waals surface area contributed by atoms with E-state index >= 15 is 0 Å². The zero-order chi connectivity index (χ0) is 38.8. The molecule has 6 atom stereocenters. The Morgan fingerprint density at radius 3 is 2.64 bits per heavy atom. The van der Waals surface area contributed by atoms with Crippen molar-refractivity contribution in [1.29, 1.82) is 0 Å². The fraction of sp³-hybridized carbons (Fsp3) is 0.650. The van der Waals surface area contributed by atoms with Gasteiger partial charge in [-0.25, -0.2) is 22.6 Å². The van der Waals surface area contributed by atoms with Gasteiger partial charge in [-0.3, -0.25) is 9.59 Å². The maximum Gasteiger partial charge on any atom is 0.408 e. The third-order valence-electron chi connectivity index (χ3n) is 13.0. The van der Waals surface area contributed by atoms with Crippen molar-refractivity contribution in [2.45, 2.75) is 150 Å². The third-order valence-corrected chi connectivity index (χ3v) is 15.2. The van der Waals surface area contributed by atoms with E-state index in [9.17, 15) is 32.3 Å². The molecule has 2 aromatic rings. The number of nitrogens with zero attached hydrogens (tertiary/aromatic N) is 2. The van der Waals surface area contributed by atoms with E-state index in [1.807, 2.05) is 19.1 Å². The molecule has 0 bridgehead atoms. The number of aromatic nitrogens is 1. The van der Waals surface area contributed by atoms with Crippen LogP contribution in [0, 0.1) is 18.7 Å². The molecule has 3 saturated carbocycles. The van der Waals surface area contributed by atoms with Crippen molar-refractivity contribution in [3.63, 3.8) is 0 Å². The number of carbonyl (C=O) groups excluding carboxylic acids is 3. The largest absolute Gasteiger partial charge is 0.483 e. The number of allylic oxidation sites excluding steroid dienone is 1. The van der Waals surface area contributed by atoms with Crippen LogP contribution in [0.5, 0.6) is 5.75 Å². The Labute approximate surface area is 321 Å². The van der Waals surface area contributed by atoms with Gasteiger partial charge in [0.15, 0.2) is 0 Å². The molecule has 8 rings (SSSR count). The lowest BCUT2D eigenvalue weighted by Crippen LogP contribution is -2.60. The lowest BCUT2D eigenvalue weighted by Gasteiger charge is -2.36. The lowest BCUT2D eigenvalue weighted by molar-refractivity contribution is -0.141. The van der Waals surface area contributed by atoms with Crippen molar-refractivity contribution in [3.05, 3.63) is 47.4 Å². The Bertz CT molecular complexity index is 2020. The molecule has 1 aromatic carbocycles. The van der Waals surface area contributed by atoms with E-state index in [1.54, 1.807) is 13.0 Å².